The van der Waals surface area contributed by atoms with Crippen molar-refractivity contribution in [1.29, 1.82) is 0 Å². The molecule has 502 valence electrons. The summed E-state index contributed by atoms with van der Waals surface area (Å²) >= 11 is 0. The van der Waals surface area contributed by atoms with E-state index in [1.807, 2.05) is 6.08 Å². The van der Waals surface area contributed by atoms with Crippen LogP contribution in [0.4, 0.5) is 0 Å². The Hall–Kier alpha value is -3.09. The van der Waals surface area contributed by atoms with Crippen LogP contribution < -0.4 is 5.32 Å². The highest BCUT2D eigenvalue weighted by molar-refractivity contribution is 5.76. The highest BCUT2D eigenvalue weighted by atomic mass is 16.7. The van der Waals surface area contributed by atoms with Crippen LogP contribution in [-0.2, 0) is 23.7 Å². The first-order chi connectivity index (χ1) is 42.6. The van der Waals surface area contributed by atoms with Crippen LogP contribution in [0.25, 0.3) is 0 Å². The third-order valence-corrected chi connectivity index (χ3v) is 16.5. The molecule has 2 heterocycles. The Morgan fingerprint density at radius 2 is 0.793 bits per heavy atom. The smallest absolute Gasteiger partial charge is 0.220 e. The van der Waals surface area contributed by atoms with E-state index in [1.165, 1.54) is 154 Å². The molecule has 2 fully saturated rings. The van der Waals surface area contributed by atoms with Crippen molar-refractivity contribution in [3.05, 3.63) is 97.2 Å². The first-order valence-electron chi connectivity index (χ1n) is 35.0. The summed E-state index contributed by atoms with van der Waals surface area (Å²) in [7, 11) is 0. The normalized spacial score (nSPS) is 23.9. The molecule has 12 unspecified atom stereocenters. The summed E-state index contributed by atoms with van der Waals surface area (Å²) in [5.74, 6) is -0.241. The lowest BCUT2D eigenvalue weighted by Gasteiger charge is -2.46. The van der Waals surface area contributed by atoms with E-state index >= 15 is 0 Å². The lowest BCUT2D eigenvalue weighted by Crippen LogP contribution is -2.65. The Morgan fingerprint density at radius 1 is 0.425 bits per heavy atom. The number of nitrogens with one attached hydrogen (secondary N) is 1. The van der Waals surface area contributed by atoms with Crippen molar-refractivity contribution in [2.45, 2.75) is 338 Å². The Labute approximate surface area is 528 Å². The van der Waals surface area contributed by atoms with Crippen LogP contribution >= 0.6 is 0 Å². The number of unbranched alkanes of at least 4 members (excludes halogenated alkanes) is 29. The fraction of sp³-hybridized carbons (Fsp3) is 0.767. The largest absolute Gasteiger partial charge is 0.394 e. The molecule has 2 saturated heterocycles. The lowest BCUT2D eigenvalue weighted by molar-refractivity contribution is -0.359. The summed E-state index contributed by atoms with van der Waals surface area (Å²) in [6, 6.07) is -0.919. The van der Waals surface area contributed by atoms with Gasteiger partial charge in [-0.2, -0.15) is 0 Å². The van der Waals surface area contributed by atoms with Crippen LogP contribution in [0.3, 0.4) is 0 Å². The van der Waals surface area contributed by atoms with Gasteiger partial charge in [0.05, 0.1) is 32.0 Å². The van der Waals surface area contributed by atoms with Gasteiger partial charge >= 0.3 is 0 Å². The van der Waals surface area contributed by atoms with Gasteiger partial charge in [0.15, 0.2) is 12.6 Å². The van der Waals surface area contributed by atoms with E-state index in [2.05, 4.69) is 104 Å². The number of carbonyl (C=O) groups excluding carboxylic acids is 1. The lowest BCUT2D eigenvalue weighted by atomic mass is 9.97. The molecule has 0 bridgehead atoms. The topological polar surface area (TPSA) is 228 Å². The zero-order valence-corrected chi connectivity index (χ0v) is 54.5. The van der Waals surface area contributed by atoms with E-state index in [4.69, 9.17) is 18.9 Å². The summed E-state index contributed by atoms with van der Waals surface area (Å²) in [4.78, 5) is 13.3. The summed E-state index contributed by atoms with van der Waals surface area (Å²) < 4.78 is 22.8. The summed E-state index contributed by atoms with van der Waals surface area (Å²) in [5.41, 5.74) is 0. The molecule has 14 nitrogen and oxygen atoms in total. The van der Waals surface area contributed by atoms with Crippen LogP contribution in [0.1, 0.15) is 264 Å². The summed E-state index contributed by atoms with van der Waals surface area (Å²) in [6.45, 7) is 2.69. The van der Waals surface area contributed by atoms with Crippen LogP contribution in [0.2, 0.25) is 0 Å². The van der Waals surface area contributed by atoms with Gasteiger partial charge in [0, 0.05) is 6.42 Å². The maximum Gasteiger partial charge on any atom is 0.220 e. The average molecular weight is 1230 g/mol. The van der Waals surface area contributed by atoms with Crippen molar-refractivity contribution in [2.75, 3.05) is 19.8 Å². The first-order valence-corrected chi connectivity index (χ1v) is 35.0. The highest BCUT2D eigenvalue weighted by Gasteiger charge is 2.51. The van der Waals surface area contributed by atoms with E-state index in [9.17, 15) is 45.6 Å². The van der Waals surface area contributed by atoms with E-state index in [0.29, 0.717) is 6.42 Å². The number of hydrogen-bond donors (Lipinski definition) is 9. The number of carbonyl (C=O) groups is 1. The van der Waals surface area contributed by atoms with Gasteiger partial charge in [0.1, 0.15) is 48.8 Å². The Balaban J connectivity index is 1.62. The third-order valence-electron chi connectivity index (χ3n) is 16.5. The number of hydrogen-bond acceptors (Lipinski definition) is 13. The number of ether oxygens (including phenoxy) is 4. The monoisotopic (exact) mass is 1230 g/mol. The standard InChI is InChI=1S/C73H127NO13/c1-3-5-7-9-11-13-15-17-19-21-22-23-24-25-26-27-28-29-30-31-32-33-34-35-36-37-38-39-40-41-43-45-47-49-51-53-55-57-65(78)74-61(62(77)56-54-52-50-48-46-44-42-20-18-16-14-12-10-8-6-4-2)60-84-72-70(83)68(81)71(64(59-76)86-72)87-73-69(82)67(80)66(79)63(58-75)85-73/h5,7,11,13,17,19,22-23,25-26,28-29,31-32,54,56,61-64,66-73,75-77,79-83H,3-4,6,8-10,12,14-16,18,20-21,24,27,30,33-53,55,57-60H2,1-2H3,(H,74,78)/b7-5-,13-11-,19-17-,23-22-,26-25-,29-28-,32-31-,56-54+. The predicted octanol–water partition coefficient (Wildman–Crippen LogP) is 14.2. The molecule has 9 N–H and O–H groups in total. The molecule has 0 aromatic heterocycles. The van der Waals surface area contributed by atoms with Gasteiger partial charge in [0.25, 0.3) is 0 Å². The van der Waals surface area contributed by atoms with Gasteiger partial charge in [0.2, 0.25) is 5.91 Å². The quantitative estimate of drug-likeness (QED) is 0.0204. The molecule has 87 heavy (non-hydrogen) atoms. The number of aliphatic hydroxyl groups excluding tert-OH is 8. The minimum atomic E-state index is -1.79. The van der Waals surface area contributed by atoms with E-state index in [1.54, 1.807) is 6.08 Å². The van der Waals surface area contributed by atoms with Crippen molar-refractivity contribution in [3.8, 4) is 0 Å². The second-order valence-corrected chi connectivity index (χ2v) is 24.3. The fourth-order valence-electron chi connectivity index (χ4n) is 11.0. The molecule has 0 radical (unpaired) electrons. The van der Waals surface area contributed by atoms with Crippen molar-refractivity contribution in [1.82, 2.24) is 5.32 Å². The second-order valence-electron chi connectivity index (χ2n) is 24.3. The van der Waals surface area contributed by atoms with Crippen LogP contribution in [0.15, 0.2) is 97.2 Å². The molecule has 2 rings (SSSR count). The van der Waals surface area contributed by atoms with Crippen LogP contribution in [0.5, 0.6) is 0 Å². The summed E-state index contributed by atoms with van der Waals surface area (Å²) in [5, 5.41) is 87.3. The zero-order chi connectivity index (χ0) is 63.1. The maximum absolute atomic E-state index is 13.3. The predicted molar refractivity (Wildman–Crippen MR) is 355 cm³/mol. The van der Waals surface area contributed by atoms with Gasteiger partial charge < -0.3 is 65.1 Å². The van der Waals surface area contributed by atoms with Crippen molar-refractivity contribution >= 4 is 5.91 Å². The molecular weight excluding hydrogens is 1100 g/mol. The molecule has 0 aromatic rings. The van der Waals surface area contributed by atoms with Gasteiger partial charge in [-0.05, 0) is 77.0 Å². The molecule has 0 spiro atoms. The number of allylic oxidation sites excluding steroid dienone is 15. The Kier molecular flexibility index (Phi) is 52.3. The van der Waals surface area contributed by atoms with Crippen LogP contribution in [-0.4, -0.2) is 140 Å². The second kappa shape index (κ2) is 56.9. The Morgan fingerprint density at radius 3 is 1.22 bits per heavy atom. The molecule has 2 aliphatic rings. The highest BCUT2D eigenvalue weighted by Crippen LogP contribution is 2.30. The molecule has 1 amide bonds. The number of rotatable bonds is 56. The van der Waals surface area contributed by atoms with Crippen molar-refractivity contribution in [3.63, 3.8) is 0 Å². The molecule has 0 aliphatic carbocycles. The van der Waals surface area contributed by atoms with Crippen molar-refractivity contribution < 1.29 is 64.6 Å². The SMILES string of the molecule is CC/C=C\C/C=C\C/C=C\C/C=C\C/C=C\C/C=C\C/C=C\CCCCCCCCCCCCCCCCCC(=O)NC(COC1OC(CO)C(OC2OC(CO)C(O)C(O)C2O)C(O)C1O)C(O)/C=C/CCCCCCCCCCCCCCCC. The van der Waals surface area contributed by atoms with Gasteiger partial charge in [-0.1, -0.05) is 278 Å². The van der Waals surface area contributed by atoms with Crippen molar-refractivity contribution in [2.24, 2.45) is 0 Å². The van der Waals surface area contributed by atoms with E-state index in [-0.39, 0.29) is 18.9 Å². The molecular formula is C73H127NO13. The molecule has 0 saturated carbocycles. The fourth-order valence-corrected chi connectivity index (χ4v) is 11.0. The van der Waals surface area contributed by atoms with Crippen LogP contribution in [0, 0.1) is 0 Å². The minimum Gasteiger partial charge on any atom is -0.394 e. The van der Waals surface area contributed by atoms with E-state index in [0.717, 1.165) is 83.5 Å². The minimum absolute atomic E-state index is 0.241. The Bertz CT molecular complexity index is 1830. The third kappa shape index (κ3) is 41.1. The van der Waals surface area contributed by atoms with Gasteiger partial charge in [-0.15, -0.1) is 0 Å². The first kappa shape index (κ1) is 80.0. The van der Waals surface area contributed by atoms with Gasteiger partial charge in [-0.3, -0.25) is 4.79 Å². The summed E-state index contributed by atoms with van der Waals surface area (Å²) in [6.07, 6.45) is 63.2. The zero-order valence-electron chi connectivity index (χ0n) is 54.5. The van der Waals surface area contributed by atoms with E-state index < -0.39 is 86.8 Å². The number of amides is 1. The molecule has 12 atom stereocenters. The molecule has 0 aromatic carbocycles. The average Bonchev–Trinajstić information content (AvgIpc) is 2.36. The molecule has 14 heteroatoms. The maximum atomic E-state index is 13.3. The van der Waals surface area contributed by atoms with Gasteiger partial charge in [-0.25, -0.2) is 0 Å². The molecule has 2 aliphatic heterocycles. The number of aliphatic hydroxyl groups is 8.